The first kappa shape index (κ1) is 11.9. The van der Waals surface area contributed by atoms with E-state index in [2.05, 4.69) is 20.9 Å². The van der Waals surface area contributed by atoms with E-state index in [1.54, 1.807) is 6.07 Å². The van der Waals surface area contributed by atoms with E-state index < -0.39 is 11.9 Å². The highest BCUT2D eigenvalue weighted by molar-refractivity contribution is 9.10. The number of carbonyl (C=O) groups is 1. The van der Waals surface area contributed by atoms with Gasteiger partial charge in [-0.3, -0.25) is 0 Å². The van der Waals surface area contributed by atoms with Crippen molar-refractivity contribution in [2.45, 2.75) is 5.92 Å². The van der Waals surface area contributed by atoms with Crippen LogP contribution in [0.25, 0.3) is 0 Å². The molecule has 2 aromatic rings. The van der Waals surface area contributed by atoms with Gasteiger partial charge in [0, 0.05) is 10.7 Å². The third kappa shape index (κ3) is 2.77. The Morgan fingerprint density at radius 3 is 2.47 bits per heavy atom. The summed E-state index contributed by atoms with van der Waals surface area (Å²) in [6, 6.07) is 10.3. The smallest absolute Gasteiger partial charge is 0.213 e. The number of aldehydes is 1. The van der Waals surface area contributed by atoms with E-state index in [0.717, 1.165) is 16.3 Å². The Kier molecular flexibility index (Phi) is 3.64. The fraction of sp³-hybridized carbons (Fsp3) is 0.0769. The van der Waals surface area contributed by atoms with Gasteiger partial charge >= 0.3 is 0 Å². The summed E-state index contributed by atoms with van der Waals surface area (Å²) in [6.45, 7) is 0. The van der Waals surface area contributed by atoms with Crippen molar-refractivity contribution < 1.29 is 9.18 Å². The first-order valence-corrected chi connectivity index (χ1v) is 5.82. The molecule has 1 atom stereocenters. The second kappa shape index (κ2) is 5.19. The molecule has 0 saturated heterocycles. The normalized spacial score (nSPS) is 12.1. The molecule has 0 aliphatic carbocycles. The van der Waals surface area contributed by atoms with E-state index in [0.29, 0.717) is 5.56 Å². The van der Waals surface area contributed by atoms with Gasteiger partial charge in [0.05, 0.1) is 5.92 Å². The highest BCUT2D eigenvalue weighted by Gasteiger charge is 2.13. The van der Waals surface area contributed by atoms with Crippen molar-refractivity contribution in [2.24, 2.45) is 0 Å². The number of hydrogen-bond acceptors (Lipinski definition) is 2. The predicted octanol–water partition coefficient (Wildman–Crippen LogP) is 3.31. The van der Waals surface area contributed by atoms with Crippen LogP contribution in [0.4, 0.5) is 4.39 Å². The largest absolute Gasteiger partial charge is 0.302 e. The molecule has 4 heteroatoms. The van der Waals surface area contributed by atoms with E-state index in [1.165, 1.54) is 12.3 Å². The van der Waals surface area contributed by atoms with Crippen molar-refractivity contribution in [3.63, 3.8) is 0 Å². The Morgan fingerprint density at radius 2 is 1.88 bits per heavy atom. The van der Waals surface area contributed by atoms with Crippen LogP contribution in [0.1, 0.15) is 17.0 Å². The molecular weight excluding hydrogens is 285 g/mol. The fourth-order valence-corrected chi connectivity index (χ4v) is 1.89. The maximum atomic E-state index is 13.0. The lowest BCUT2D eigenvalue weighted by molar-refractivity contribution is -0.108. The van der Waals surface area contributed by atoms with E-state index >= 15 is 0 Å². The van der Waals surface area contributed by atoms with Gasteiger partial charge in [-0.25, -0.2) is 4.98 Å². The first-order chi connectivity index (χ1) is 8.20. The SMILES string of the molecule is O=CC(c1ccc(Br)cc1)c1ccnc(F)c1. The monoisotopic (exact) mass is 293 g/mol. The van der Waals surface area contributed by atoms with Crippen LogP contribution in [0.5, 0.6) is 0 Å². The van der Waals surface area contributed by atoms with Crippen LogP contribution in [0.3, 0.4) is 0 Å². The van der Waals surface area contributed by atoms with Gasteiger partial charge in [0.15, 0.2) is 0 Å². The van der Waals surface area contributed by atoms with Gasteiger partial charge in [0.1, 0.15) is 6.29 Å². The molecule has 0 radical (unpaired) electrons. The summed E-state index contributed by atoms with van der Waals surface area (Å²) < 4.78 is 13.9. The van der Waals surface area contributed by atoms with Crippen molar-refractivity contribution in [3.05, 3.63) is 64.1 Å². The number of nitrogens with zero attached hydrogens (tertiary/aromatic N) is 1. The van der Waals surface area contributed by atoms with E-state index in [9.17, 15) is 9.18 Å². The highest BCUT2D eigenvalue weighted by Crippen LogP contribution is 2.24. The molecule has 2 nitrogen and oxygen atoms in total. The average Bonchev–Trinajstić information content (AvgIpc) is 2.33. The highest BCUT2D eigenvalue weighted by atomic mass is 79.9. The van der Waals surface area contributed by atoms with Crippen molar-refractivity contribution in [2.75, 3.05) is 0 Å². The minimum Gasteiger partial charge on any atom is -0.302 e. The van der Waals surface area contributed by atoms with Gasteiger partial charge in [0.25, 0.3) is 0 Å². The molecule has 0 spiro atoms. The molecule has 0 N–H and O–H groups in total. The molecule has 0 saturated carbocycles. The number of hydrogen-bond donors (Lipinski definition) is 0. The van der Waals surface area contributed by atoms with Crippen molar-refractivity contribution in [1.82, 2.24) is 4.98 Å². The van der Waals surface area contributed by atoms with Crippen molar-refractivity contribution in [1.29, 1.82) is 0 Å². The number of carbonyl (C=O) groups excluding carboxylic acids is 1. The number of benzene rings is 1. The maximum absolute atomic E-state index is 13.0. The second-order valence-corrected chi connectivity index (χ2v) is 4.49. The average molecular weight is 294 g/mol. The molecule has 1 unspecified atom stereocenters. The molecule has 86 valence electrons. The quantitative estimate of drug-likeness (QED) is 0.642. The lowest BCUT2D eigenvalue weighted by Crippen LogP contribution is -2.03. The number of aromatic nitrogens is 1. The van der Waals surface area contributed by atoms with E-state index in [-0.39, 0.29) is 0 Å². The van der Waals surface area contributed by atoms with Crippen LogP contribution in [0, 0.1) is 5.95 Å². The molecule has 0 fully saturated rings. The molecular formula is C13H9BrFNO. The van der Waals surface area contributed by atoms with Crippen LogP contribution < -0.4 is 0 Å². The topological polar surface area (TPSA) is 30.0 Å². The van der Waals surface area contributed by atoms with Crippen LogP contribution >= 0.6 is 15.9 Å². The lowest BCUT2D eigenvalue weighted by atomic mass is 9.93. The Labute approximate surface area is 107 Å². The molecule has 0 amide bonds. The van der Waals surface area contributed by atoms with Gasteiger partial charge in [-0.1, -0.05) is 28.1 Å². The second-order valence-electron chi connectivity index (χ2n) is 3.58. The summed E-state index contributed by atoms with van der Waals surface area (Å²) in [6.07, 6.45) is 2.16. The minimum atomic E-state index is -0.577. The van der Waals surface area contributed by atoms with Gasteiger partial charge in [-0.15, -0.1) is 0 Å². The minimum absolute atomic E-state index is 0.458. The zero-order chi connectivity index (χ0) is 12.3. The summed E-state index contributed by atoms with van der Waals surface area (Å²) in [4.78, 5) is 14.6. The molecule has 1 heterocycles. The van der Waals surface area contributed by atoms with Crippen LogP contribution in [0.15, 0.2) is 47.1 Å². The molecule has 0 aliphatic heterocycles. The Bertz CT molecular complexity index is 527. The van der Waals surface area contributed by atoms with Crippen molar-refractivity contribution >= 4 is 22.2 Å². The zero-order valence-electron chi connectivity index (χ0n) is 8.81. The summed E-state index contributed by atoms with van der Waals surface area (Å²) in [5, 5.41) is 0. The Balaban J connectivity index is 2.40. The van der Waals surface area contributed by atoms with Crippen LogP contribution in [-0.2, 0) is 4.79 Å². The summed E-state index contributed by atoms with van der Waals surface area (Å²) >= 11 is 3.33. The Morgan fingerprint density at radius 1 is 1.18 bits per heavy atom. The fourth-order valence-electron chi connectivity index (χ4n) is 1.63. The summed E-state index contributed by atoms with van der Waals surface area (Å²) in [5.74, 6) is -1.04. The Hall–Kier alpha value is -1.55. The predicted molar refractivity (Wildman–Crippen MR) is 66.2 cm³/mol. The first-order valence-electron chi connectivity index (χ1n) is 5.03. The molecule has 2 rings (SSSR count). The van der Waals surface area contributed by atoms with Gasteiger partial charge in [0.2, 0.25) is 5.95 Å². The summed E-state index contributed by atoms with van der Waals surface area (Å²) in [7, 11) is 0. The van der Waals surface area contributed by atoms with Gasteiger partial charge in [-0.2, -0.15) is 4.39 Å². The summed E-state index contributed by atoms with van der Waals surface area (Å²) in [5.41, 5.74) is 1.43. The number of pyridine rings is 1. The standard InChI is InChI=1S/C13H9BrFNO/c14-11-3-1-9(2-4-11)12(8-17)10-5-6-16-13(15)7-10/h1-8,12H. The van der Waals surface area contributed by atoms with E-state index in [4.69, 9.17) is 0 Å². The van der Waals surface area contributed by atoms with Gasteiger partial charge < -0.3 is 4.79 Å². The maximum Gasteiger partial charge on any atom is 0.213 e. The lowest BCUT2D eigenvalue weighted by Gasteiger charge is -2.10. The molecule has 0 aliphatic rings. The number of halogens is 2. The zero-order valence-corrected chi connectivity index (χ0v) is 10.4. The van der Waals surface area contributed by atoms with Crippen LogP contribution in [-0.4, -0.2) is 11.3 Å². The molecule has 1 aromatic carbocycles. The molecule has 1 aromatic heterocycles. The molecule has 17 heavy (non-hydrogen) atoms. The number of rotatable bonds is 3. The van der Waals surface area contributed by atoms with Crippen molar-refractivity contribution in [3.8, 4) is 0 Å². The molecule has 0 bridgehead atoms. The van der Waals surface area contributed by atoms with Gasteiger partial charge in [-0.05, 0) is 35.4 Å². The third-order valence-electron chi connectivity index (χ3n) is 2.47. The van der Waals surface area contributed by atoms with Crippen LogP contribution in [0.2, 0.25) is 0 Å². The van der Waals surface area contributed by atoms with E-state index in [1.807, 2.05) is 24.3 Å². The third-order valence-corrected chi connectivity index (χ3v) is 3.00.